The van der Waals surface area contributed by atoms with E-state index < -0.39 is 10.1 Å². The number of hydrogen-bond acceptors (Lipinski definition) is 3. The molecule has 0 amide bonds. The molecule has 2 aromatic rings. The number of benzene rings is 2. The van der Waals surface area contributed by atoms with Crippen molar-refractivity contribution in [2.45, 2.75) is 33.3 Å². The molecule has 0 aliphatic carbocycles. The van der Waals surface area contributed by atoms with Crippen molar-refractivity contribution in [1.29, 1.82) is 0 Å². The van der Waals surface area contributed by atoms with Crippen LogP contribution >= 0.6 is 22.6 Å². The molecular weight excluding hydrogens is 439 g/mol. The molecule has 0 heterocycles. The highest BCUT2D eigenvalue weighted by atomic mass is 127. The lowest BCUT2D eigenvalue weighted by Crippen LogP contribution is -2.22. The first kappa shape index (κ1) is 20.9. The SMILES string of the molecule is CC(C)(C)Oc1ccc(-c2ccccc2I)cc1.CCS(=O)(=O)O. The van der Waals surface area contributed by atoms with E-state index in [9.17, 15) is 8.42 Å². The van der Waals surface area contributed by atoms with Gasteiger partial charge in [0.15, 0.2) is 0 Å². The largest absolute Gasteiger partial charge is 0.488 e. The summed E-state index contributed by atoms with van der Waals surface area (Å²) in [5, 5.41) is 0. The van der Waals surface area contributed by atoms with Crippen LogP contribution in [-0.2, 0) is 10.1 Å². The smallest absolute Gasteiger partial charge is 0.264 e. The Morgan fingerprint density at radius 2 is 1.54 bits per heavy atom. The Bertz CT molecular complexity index is 747. The summed E-state index contributed by atoms with van der Waals surface area (Å²) in [5.74, 6) is 0.713. The van der Waals surface area contributed by atoms with Gasteiger partial charge in [-0.05, 0) is 79.6 Å². The van der Waals surface area contributed by atoms with E-state index in [0.717, 1.165) is 5.75 Å². The zero-order valence-corrected chi connectivity index (χ0v) is 17.3. The molecule has 0 bridgehead atoms. The second-order valence-corrected chi connectivity index (χ2v) is 8.99. The summed E-state index contributed by atoms with van der Waals surface area (Å²) in [6.45, 7) is 7.54. The second-order valence-electron chi connectivity index (χ2n) is 6.09. The number of halogens is 1. The van der Waals surface area contributed by atoms with Crippen molar-refractivity contribution in [2.24, 2.45) is 0 Å². The third kappa shape index (κ3) is 8.12. The maximum Gasteiger partial charge on any atom is 0.264 e. The van der Waals surface area contributed by atoms with E-state index in [1.807, 2.05) is 12.1 Å². The van der Waals surface area contributed by atoms with Crippen molar-refractivity contribution >= 4 is 32.7 Å². The molecule has 0 aliphatic heterocycles. The Labute approximate surface area is 158 Å². The van der Waals surface area contributed by atoms with Crippen molar-refractivity contribution in [2.75, 3.05) is 5.75 Å². The molecule has 0 saturated heterocycles. The predicted molar refractivity (Wildman–Crippen MR) is 107 cm³/mol. The summed E-state index contributed by atoms with van der Waals surface area (Å²) < 4.78 is 34.0. The molecule has 0 aliphatic rings. The fourth-order valence-corrected chi connectivity index (χ4v) is 2.45. The van der Waals surface area contributed by atoms with Crippen molar-refractivity contribution < 1.29 is 17.7 Å². The normalized spacial score (nSPS) is 11.4. The molecule has 4 nitrogen and oxygen atoms in total. The molecule has 24 heavy (non-hydrogen) atoms. The van der Waals surface area contributed by atoms with Crippen molar-refractivity contribution in [1.82, 2.24) is 0 Å². The Kier molecular flexibility index (Phi) is 7.69. The fraction of sp³-hybridized carbons (Fsp3) is 0.333. The molecule has 6 heteroatoms. The van der Waals surface area contributed by atoms with E-state index >= 15 is 0 Å². The molecule has 0 saturated carbocycles. The van der Waals surface area contributed by atoms with E-state index in [2.05, 4.69) is 79.8 Å². The molecule has 0 unspecified atom stereocenters. The van der Waals surface area contributed by atoms with Gasteiger partial charge in [0.25, 0.3) is 10.1 Å². The summed E-state index contributed by atoms with van der Waals surface area (Å²) >= 11 is 2.36. The van der Waals surface area contributed by atoms with Gasteiger partial charge in [-0.25, -0.2) is 0 Å². The van der Waals surface area contributed by atoms with Crippen LogP contribution in [0.3, 0.4) is 0 Å². The van der Waals surface area contributed by atoms with Crippen LogP contribution in [0, 0.1) is 3.57 Å². The third-order valence-corrected chi connectivity index (χ3v) is 4.50. The van der Waals surface area contributed by atoms with Gasteiger partial charge in [-0.2, -0.15) is 8.42 Å². The molecular formula is C18H23IO4S. The van der Waals surface area contributed by atoms with Crippen LogP contribution in [0.15, 0.2) is 48.5 Å². The Morgan fingerprint density at radius 3 is 1.96 bits per heavy atom. The van der Waals surface area contributed by atoms with E-state index in [1.165, 1.54) is 21.6 Å². The van der Waals surface area contributed by atoms with Crippen LogP contribution in [0.5, 0.6) is 5.75 Å². The summed E-state index contributed by atoms with van der Waals surface area (Å²) in [4.78, 5) is 0. The maximum atomic E-state index is 9.56. The van der Waals surface area contributed by atoms with Gasteiger partial charge in [0.05, 0.1) is 5.75 Å². The molecule has 0 fully saturated rings. The maximum absolute atomic E-state index is 9.56. The Hall–Kier alpha value is -1.12. The highest BCUT2D eigenvalue weighted by Crippen LogP contribution is 2.27. The predicted octanol–water partition coefficient (Wildman–Crippen LogP) is 5.03. The molecule has 132 valence electrons. The summed E-state index contributed by atoms with van der Waals surface area (Å²) in [6.07, 6.45) is 0. The first-order valence-corrected chi connectivity index (χ1v) is 10.2. The third-order valence-electron chi connectivity index (χ3n) is 2.83. The van der Waals surface area contributed by atoms with Gasteiger partial charge in [-0.3, -0.25) is 4.55 Å². The van der Waals surface area contributed by atoms with Crippen LogP contribution in [0.4, 0.5) is 0 Å². The molecule has 2 rings (SSSR count). The highest BCUT2D eigenvalue weighted by Gasteiger charge is 2.11. The average Bonchev–Trinajstić information content (AvgIpc) is 2.47. The van der Waals surface area contributed by atoms with Gasteiger partial charge in [-0.15, -0.1) is 0 Å². The minimum atomic E-state index is -3.66. The van der Waals surface area contributed by atoms with Crippen molar-refractivity contribution in [3.05, 3.63) is 52.1 Å². The summed E-state index contributed by atoms with van der Waals surface area (Å²) in [6, 6.07) is 16.7. The van der Waals surface area contributed by atoms with E-state index in [0.29, 0.717) is 0 Å². The lowest BCUT2D eigenvalue weighted by atomic mass is 10.1. The number of hydrogen-bond donors (Lipinski definition) is 1. The minimum absolute atomic E-state index is 0.150. The monoisotopic (exact) mass is 462 g/mol. The number of ether oxygens (including phenoxy) is 1. The van der Waals surface area contributed by atoms with Crippen LogP contribution in [0.25, 0.3) is 11.1 Å². The van der Waals surface area contributed by atoms with Gasteiger partial charge >= 0.3 is 0 Å². The zero-order valence-electron chi connectivity index (χ0n) is 14.3. The van der Waals surface area contributed by atoms with Gasteiger partial charge in [0.1, 0.15) is 11.4 Å². The fourth-order valence-electron chi connectivity index (χ4n) is 1.75. The van der Waals surface area contributed by atoms with Crippen molar-refractivity contribution in [3.8, 4) is 16.9 Å². The lowest BCUT2D eigenvalue weighted by Gasteiger charge is -2.21. The van der Waals surface area contributed by atoms with Crippen LogP contribution in [-0.4, -0.2) is 24.3 Å². The first-order chi connectivity index (χ1) is 11.0. The summed E-state index contributed by atoms with van der Waals surface area (Å²) in [5.41, 5.74) is 2.34. The lowest BCUT2D eigenvalue weighted by molar-refractivity contribution is 0.131. The zero-order chi connectivity index (χ0) is 18.4. The molecule has 0 atom stereocenters. The van der Waals surface area contributed by atoms with E-state index in [4.69, 9.17) is 9.29 Å². The standard InChI is InChI=1S/C16H17IO.C2H6O3S/c1-16(2,3)18-13-10-8-12(9-11-13)14-6-4-5-7-15(14)17;1-2-6(3,4)5/h4-11H,1-3H3;2H2,1H3,(H,3,4,5). The Morgan fingerprint density at radius 1 is 1.04 bits per heavy atom. The molecule has 1 N–H and O–H groups in total. The van der Waals surface area contributed by atoms with Crippen LogP contribution in [0.1, 0.15) is 27.7 Å². The molecule has 0 aromatic heterocycles. The molecule has 0 radical (unpaired) electrons. The van der Waals surface area contributed by atoms with Crippen molar-refractivity contribution in [3.63, 3.8) is 0 Å². The topological polar surface area (TPSA) is 63.6 Å². The quantitative estimate of drug-likeness (QED) is 0.514. The first-order valence-electron chi connectivity index (χ1n) is 7.51. The Balaban J connectivity index is 0.000000413. The van der Waals surface area contributed by atoms with Crippen LogP contribution in [0.2, 0.25) is 0 Å². The summed E-state index contributed by atoms with van der Waals surface area (Å²) in [7, 11) is -3.66. The molecule has 0 spiro atoms. The molecule has 2 aromatic carbocycles. The second kappa shape index (κ2) is 8.82. The minimum Gasteiger partial charge on any atom is -0.488 e. The van der Waals surface area contributed by atoms with Gasteiger partial charge < -0.3 is 4.74 Å². The van der Waals surface area contributed by atoms with Gasteiger partial charge in [0.2, 0.25) is 0 Å². The number of rotatable bonds is 3. The van der Waals surface area contributed by atoms with Crippen LogP contribution < -0.4 is 4.74 Å². The highest BCUT2D eigenvalue weighted by molar-refractivity contribution is 14.1. The average molecular weight is 462 g/mol. The van der Waals surface area contributed by atoms with E-state index in [1.54, 1.807) is 0 Å². The van der Waals surface area contributed by atoms with Gasteiger partial charge in [-0.1, -0.05) is 30.3 Å². The van der Waals surface area contributed by atoms with Gasteiger partial charge in [0, 0.05) is 3.57 Å². The van der Waals surface area contributed by atoms with E-state index in [-0.39, 0.29) is 11.4 Å².